The van der Waals surface area contributed by atoms with E-state index in [-0.39, 0.29) is 18.7 Å². The van der Waals surface area contributed by atoms with E-state index in [9.17, 15) is 15.0 Å². The smallest absolute Gasteiger partial charge is 0.256 e. The van der Waals surface area contributed by atoms with Gasteiger partial charge in [0.1, 0.15) is 6.04 Å². The maximum atomic E-state index is 11.7. The summed E-state index contributed by atoms with van der Waals surface area (Å²) in [6.45, 7) is -0.157. The predicted molar refractivity (Wildman–Crippen MR) is 66.0 cm³/mol. The number of amides is 1. The van der Waals surface area contributed by atoms with Gasteiger partial charge in [-0.3, -0.25) is 9.80 Å². The second kappa shape index (κ2) is 6.23. The Labute approximate surface area is 109 Å². The highest BCUT2D eigenvalue weighted by atomic mass is 16.5. The third-order valence-electron chi connectivity index (χ3n) is 2.50. The van der Waals surface area contributed by atoms with Gasteiger partial charge in [-0.05, 0) is 12.1 Å². The van der Waals surface area contributed by atoms with Crippen molar-refractivity contribution >= 4 is 5.91 Å². The van der Waals surface area contributed by atoms with Crippen molar-refractivity contribution in [1.29, 1.82) is 0 Å². The van der Waals surface area contributed by atoms with Crippen LogP contribution in [0.3, 0.4) is 0 Å². The largest absolute Gasteiger partial charge is 0.504 e. The van der Waals surface area contributed by atoms with Crippen LogP contribution in [-0.4, -0.2) is 46.0 Å². The van der Waals surface area contributed by atoms with Crippen LogP contribution >= 0.6 is 0 Å². The van der Waals surface area contributed by atoms with Gasteiger partial charge in [0.2, 0.25) is 5.75 Å². The van der Waals surface area contributed by atoms with Crippen molar-refractivity contribution in [3.63, 3.8) is 0 Å². The van der Waals surface area contributed by atoms with Gasteiger partial charge in [0.05, 0.1) is 13.2 Å². The summed E-state index contributed by atoms with van der Waals surface area (Å²) in [5.74, 6) is 3.28. The van der Waals surface area contributed by atoms with Crippen LogP contribution in [0, 0.1) is 0 Å². The van der Waals surface area contributed by atoms with E-state index in [4.69, 9.17) is 21.4 Å². The summed E-state index contributed by atoms with van der Waals surface area (Å²) in [7, 11) is 1.40. The fraction of sp³-hybridized carbons (Fsp3) is 0.364. The molecule has 0 saturated heterocycles. The number of hydrazine groups is 1. The fourth-order valence-electron chi connectivity index (χ4n) is 1.46. The molecule has 0 saturated carbocycles. The molecule has 0 fully saturated rings. The highest BCUT2D eigenvalue weighted by Crippen LogP contribution is 2.37. The van der Waals surface area contributed by atoms with Crippen LogP contribution in [0.1, 0.15) is 5.56 Å². The molecule has 1 aromatic carbocycles. The van der Waals surface area contributed by atoms with E-state index in [2.05, 4.69) is 0 Å². The first-order valence-electron chi connectivity index (χ1n) is 5.41. The number of aromatic hydroxyl groups is 3. The Kier molecular flexibility index (Phi) is 4.93. The molecule has 8 nitrogen and oxygen atoms in total. The van der Waals surface area contributed by atoms with Crippen molar-refractivity contribution in [2.75, 3.05) is 13.7 Å². The Bertz CT molecular complexity index is 466. The zero-order chi connectivity index (χ0) is 14.6. The summed E-state index contributed by atoms with van der Waals surface area (Å²) >= 11 is 0. The zero-order valence-corrected chi connectivity index (χ0v) is 10.4. The molecule has 0 aliphatic carbocycles. The van der Waals surface area contributed by atoms with Crippen LogP contribution in [0.15, 0.2) is 12.1 Å². The molecule has 19 heavy (non-hydrogen) atoms. The van der Waals surface area contributed by atoms with E-state index in [1.165, 1.54) is 19.2 Å². The van der Waals surface area contributed by atoms with E-state index in [1.54, 1.807) is 0 Å². The first kappa shape index (κ1) is 15.0. The molecule has 8 heteroatoms. The Morgan fingerprint density at radius 3 is 2.58 bits per heavy atom. The molecule has 7 N–H and O–H groups in total. The minimum absolute atomic E-state index is 0.0132. The van der Waals surface area contributed by atoms with Crippen molar-refractivity contribution in [3.05, 3.63) is 17.7 Å². The van der Waals surface area contributed by atoms with Gasteiger partial charge < -0.3 is 25.8 Å². The van der Waals surface area contributed by atoms with Crippen molar-refractivity contribution in [1.82, 2.24) is 5.01 Å². The van der Waals surface area contributed by atoms with Gasteiger partial charge in [-0.15, -0.1) is 0 Å². The Morgan fingerprint density at radius 1 is 1.37 bits per heavy atom. The maximum absolute atomic E-state index is 11.7. The summed E-state index contributed by atoms with van der Waals surface area (Å²) < 4.78 is 4.73. The fourth-order valence-corrected chi connectivity index (χ4v) is 1.46. The molecule has 106 valence electrons. The first-order chi connectivity index (χ1) is 8.88. The van der Waals surface area contributed by atoms with E-state index < -0.39 is 29.2 Å². The van der Waals surface area contributed by atoms with Gasteiger partial charge in [-0.25, -0.2) is 5.84 Å². The zero-order valence-electron chi connectivity index (χ0n) is 10.4. The molecule has 0 radical (unpaired) electrons. The lowest BCUT2D eigenvalue weighted by atomic mass is 10.1. The van der Waals surface area contributed by atoms with Crippen LogP contribution in [0.25, 0.3) is 0 Å². The number of nitrogens with two attached hydrogens (primary N) is 2. The Morgan fingerprint density at radius 2 is 2.00 bits per heavy atom. The molecule has 0 aromatic heterocycles. The Hall–Kier alpha value is -2.03. The lowest BCUT2D eigenvalue weighted by Gasteiger charge is -2.21. The molecule has 1 amide bonds. The van der Waals surface area contributed by atoms with Crippen molar-refractivity contribution in [2.24, 2.45) is 11.6 Å². The van der Waals surface area contributed by atoms with Crippen molar-refractivity contribution < 1.29 is 24.9 Å². The third kappa shape index (κ3) is 3.47. The molecule has 0 aliphatic rings. The predicted octanol–water partition coefficient (Wildman–Crippen LogP) is -1.02. The molecule has 1 aromatic rings. The molecular formula is C11H17N3O5. The summed E-state index contributed by atoms with van der Waals surface area (Å²) in [5.41, 5.74) is 5.70. The van der Waals surface area contributed by atoms with Gasteiger partial charge >= 0.3 is 0 Å². The van der Waals surface area contributed by atoms with Crippen LogP contribution in [0.4, 0.5) is 0 Å². The molecule has 0 spiro atoms. The van der Waals surface area contributed by atoms with Crippen LogP contribution in [-0.2, 0) is 16.1 Å². The molecule has 1 rings (SSSR count). The van der Waals surface area contributed by atoms with Crippen molar-refractivity contribution in [2.45, 2.75) is 12.6 Å². The summed E-state index contributed by atoms with van der Waals surface area (Å²) in [5, 5.41) is 28.9. The van der Waals surface area contributed by atoms with Crippen LogP contribution < -0.4 is 11.6 Å². The van der Waals surface area contributed by atoms with Crippen LogP contribution in [0.5, 0.6) is 17.2 Å². The molecular weight excluding hydrogens is 254 g/mol. The normalized spacial score (nSPS) is 12.2. The molecule has 1 atom stereocenters. The number of hydrogen-bond donors (Lipinski definition) is 5. The maximum Gasteiger partial charge on any atom is 0.256 e. The summed E-state index contributed by atoms with van der Waals surface area (Å²) in [6, 6.07) is 1.60. The monoisotopic (exact) mass is 271 g/mol. The molecule has 0 aliphatic heterocycles. The quantitative estimate of drug-likeness (QED) is 0.199. The van der Waals surface area contributed by atoms with Gasteiger partial charge in [0.25, 0.3) is 5.91 Å². The topological polar surface area (TPSA) is 142 Å². The number of rotatable bonds is 5. The average molecular weight is 271 g/mol. The van der Waals surface area contributed by atoms with E-state index >= 15 is 0 Å². The SMILES string of the molecule is COCC(N)C(=O)N(N)Cc1ccc(O)c(O)c1O. The highest BCUT2D eigenvalue weighted by Gasteiger charge is 2.20. The number of carbonyl (C=O) groups excluding carboxylic acids is 1. The number of phenolic OH excluding ortho intramolecular Hbond substituents is 3. The van der Waals surface area contributed by atoms with Gasteiger partial charge in [-0.1, -0.05) is 0 Å². The summed E-state index contributed by atoms with van der Waals surface area (Å²) in [6.07, 6.45) is 0. The van der Waals surface area contributed by atoms with E-state index in [0.717, 1.165) is 5.01 Å². The lowest BCUT2D eigenvalue weighted by Crippen LogP contribution is -2.48. The number of hydrogen-bond acceptors (Lipinski definition) is 7. The number of nitrogens with zero attached hydrogens (tertiary/aromatic N) is 1. The molecule has 1 unspecified atom stereocenters. The number of ether oxygens (including phenoxy) is 1. The number of phenols is 3. The number of methoxy groups -OCH3 is 1. The first-order valence-corrected chi connectivity index (χ1v) is 5.41. The average Bonchev–Trinajstić information content (AvgIpc) is 2.38. The second-order valence-corrected chi connectivity index (χ2v) is 3.97. The van der Waals surface area contributed by atoms with E-state index in [0.29, 0.717) is 0 Å². The molecule has 0 bridgehead atoms. The summed E-state index contributed by atoms with van der Waals surface area (Å²) in [4.78, 5) is 11.7. The van der Waals surface area contributed by atoms with Gasteiger partial charge in [0, 0.05) is 12.7 Å². The lowest BCUT2D eigenvalue weighted by molar-refractivity contribution is -0.134. The highest BCUT2D eigenvalue weighted by molar-refractivity contribution is 5.81. The van der Waals surface area contributed by atoms with Gasteiger partial charge in [0.15, 0.2) is 11.5 Å². The van der Waals surface area contributed by atoms with Crippen LogP contribution in [0.2, 0.25) is 0 Å². The minimum atomic E-state index is -0.914. The van der Waals surface area contributed by atoms with E-state index in [1.807, 2.05) is 0 Å². The Balaban J connectivity index is 2.80. The van der Waals surface area contributed by atoms with Gasteiger partial charge in [-0.2, -0.15) is 0 Å². The standard InChI is InChI=1S/C11H17N3O5/c1-19-5-7(12)11(18)14(13)4-6-2-3-8(15)10(17)9(6)16/h2-3,7,15-17H,4-5,12-13H2,1H3. The third-order valence-corrected chi connectivity index (χ3v) is 2.50. The second-order valence-electron chi connectivity index (χ2n) is 3.97. The minimum Gasteiger partial charge on any atom is -0.504 e. The van der Waals surface area contributed by atoms with Crippen molar-refractivity contribution in [3.8, 4) is 17.2 Å². The number of carbonyl (C=O) groups is 1. The number of benzene rings is 1. The molecule has 0 heterocycles.